The summed E-state index contributed by atoms with van der Waals surface area (Å²) < 4.78 is 17.2. The summed E-state index contributed by atoms with van der Waals surface area (Å²) in [5.41, 5.74) is 6.69. The lowest BCUT2D eigenvalue weighted by Crippen LogP contribution is -2.51. The van der Waals surface area contributed by atoms with Crippen molar-refractivity contribution in [2.75, 3.05) is 20.8 Å². The summed E-state index contributed by atoms with van der Waals surface area (Å²) in [7, 11) is 3.53. The predicted molar refractivity (Wildman–Crippen MR) is 172 cm³/mol. The van der Waals surface area contributed by atoms with E-state index in [4.69, 9.17) is 9.47 Å². The largest absolute Gasteiger partial charge is 0.377 e. The number of likely N-dealkylation sites (N-methyl/N-ethyl adjacent to an activating group) is 1. The Morgan fingerprint density at radius 1 is 0.955 bits per heavy atom. The first-order chi connectivity index (χ1) is 21.5. The van der Waals surface area contributed by atoms with E-state index in [9.17, 15) is 9.59 Å². The smallest absolute Gasteiger partial charge is 0.253 e. The molecule has 0 saturated carbocycles. The Bertz CT molecular complexity index is 2110. The van der Waals surface area contributed by atoms with Crippen molar-refractivity contribution >= 4 is 55.4 Å². The summed E-state index contributed by atoms with van der Waals surface area (Å²) in [5, 5.41) is 7.37. The first kappa shape index (κ1) is 26.9. The fourth-order valence-electron chi connectivity index (χ4n) is 7.68. The van der Waals surface area contributed by atoms with Gasteiger partial charge in [0, 0.05) is 66.3 Å². The van der Waals surface area contributed by atoms with E-state index < -0.39 is 6.23 Å². The third-order valence-electron chi connectivity index (χ3n) is 9.68. The molecule has 2 amide bonds. The zero-order chi connectivity index (χ0) is 30.1. The van der Waals surface area contributed by atoms with Gasteiger partial charge in [-0.25, -0.2) is 0 Å². The topological polar surface area (TPSA) is 77.7 Å². The molecule has 2 aliphatic heterocycles. The Morgan fingerprint density at radius 2 is 1.64 bits per heavy atom. The van der Waals surface area contributed by atoms with Crippen molar-refractivity contribution in [1.29, 1.82) is 0 Å². The van der Waals surface area contributed by atoms with Crippen LogP contribution in [0.15, 0.2) is 78.9 Å². The monoisotopic (exact) mass is 586 g/mol. The van der Waals surface area contributed by atoms with Gasteiger partial charge in [-0.2, -0.15) is 0 Å². The van der Waals surface area contributed by atoms with Crippen LogP contribution in [0, 0.1) is 0 Å². The van der Waals surface area contributed by atoms with Gasteiger partial charge in [-0.05, 0) is 36.8 Å². The minimum absolute atomic E-state index is 0.0433. The quantitative estimate of drug-likeness (QED) is 0.260. The minimum atomic E-state index is -0.395. The Labute approximate surface area is 254 Å². The molecule has 2 aromatic heterocycles. The molecule has 0 bridgehead atoms. The highest BCUT2D eigenvalue weighted by Crippen LogP contribution is 2.47. The van der Waals surface area contributed by atoms with E-state index in [0.29, 0.717) is 25.1 Å². The highest BCUT2D eigenvalue weighted by Gasteiger charge is 2.39. The molecule has 222 valence electrons. The number of hydrogen-bond donors (Lipinski definition) is 1. The fourth-order valence-corrected chi connectivity index (χ4v) is 7.68. The molecule has 4 aromatic carbocycles. The molecule has 8 nitrogen and oxygen atoms in total. The van der Waals surface area contributed by atoms with Crippen molar-refractivity contribution in [3.05, 3.63) is 95.6 Å². The number of methoxy groups -OCH3 is 1. The SMILES string of the molecule is CCn1c2ccccc2c2c3c(c4c5ccccc5n([C@H]5C[C@@H](N(C)C(=O)c6ccccc6)[C@@H](OC)CO5)c4c21)C(=O)NC3. The van der Waals surface area contributed by atoms with Gasteiger partial charge >= 0.3 is 0 Å². The molecular weight excluding hydrogens is 552 g/mol. The van der Waals surface area contributed by atoms with Gasteiger partial charge in [-0.3, -0.25) is 9.59 Å². The van der Waals surface area contributed by atoms with Crippen LogP contribution in [-0.2, 0) is 22.6 Å². The van der Waals surface area contributed by atoms with Gasteiger partial charge < -0.3 is 28.8 Å². The van der Waals surface area contributed by atoms with Crippen molar-refractivity contribution in [1.82, 2.24) is 19.4 Å². The molecule has 1 N–H and O–H groups in total. The number of nitrogens with zero attached hydrogens (tertiary/aromatic N) is 3. The molecule has 1 fully saturated rings. The molecule has 8 heteroatoms. The number of benzene rings is 4. The molecule has 2 aliphatic rings. The van der Waals surface area contributed by atoms with Crippen LogP contribution in [0.4, 0.5) is 0 Å². The number of amides is 2. The number of fused-ring (bicyclic) bond motifs is 10. The van der Waals surface area contributed by atoms with Crippen LogP contribution in [0.1, 0.15) is 45.9 Å². The second kappa shape index (κ2) is 10.2. The molecule has 8 rings (SSSR count). The first-order valence-electron chi connectivity index (χ1n) is 15.3. The van der Waals surface area contributed by atoms with E-state index in [-0.39, 0.29) is 24.0 Å². The molecule has 0 aliphatic carbocycles. The summed E-state index contributed by atoms with van der Waals surface area (Å²) >= 11 is 0. The van der Waals surface area contributed by atoms with Gasteiger partial charge in [0.05, 0.1) is 34.8 Å². The standard InChI is InChI=1S/C36H34N4O4/c1-4-39-25-16-10-8-14-22(25)30-24-19-37-35(41)32(24)31-23-15-9-11-17-26(23)40(34(31)33(30)39)29-18-27(28(43-3)20-44-29)38(2)36(42)21-12-6-5-7-13-21/h5-17,27-29H,4,18-20H2,1-3H3,(H,37,41)/t27-,28+,29-/m1/s1. The van der Waals surface area contributed by atoms with Crippen LogP contribution in [0.3, 0.4) is 0 Å². The molecule has 0 unspecified atom stereocenters. The van der Waals surface area contributed by atoms with E-state index in [0.717, 1.165) is 61.3 Å². The zero-order valence-corrected chi connectivity index (χ0v) is 25.0. The normalized spacial score (nSPS) is 20.1. The Morgan fingerprint density at radius 3 is 2.36 bits per heavy atom. The summed E-state index contributed by atoms with van der Waals surface area (Å²) in [4.78, 5) is 29.0. The molecule has 44 heavy (non-hydrogen) atoms. The van der Waals surface area contributed by atoms with Crippen molar-refractivity contribution in [3.63, 3.8) is 0 Å². The number of nitrogens with one attached hydrogen (secondary N) is 1. The number of ether oxygens (including phenoxy) is 2. The average Bonchev–Trinajstić information content (AvgIpc) is 3.73. The second-order valence-corrected chi connectivity index (χ2v) is 11.8. The fraction of sp³-hybridized carbons (Fsp3) is 0.278. The third kappa shape index (κ3) is 3.71. The maximum Gasteiger partial charge on any atom is 0.253 e. The lowest BCUT2D eigenvalue weighted by Gasteiger charge is -2.41. The molecule has 4 heterocycles. The first-order valence-corrected chi connectivity index (χ1v) is 15.3. The van der Waals surface area contributed by atoms with Crippen LogP contribution < -0.4 is 5.32 Å². The summed E-state index contributed by atoms with van der Waals surface area (Å²) in [6.07, 6.45) is -0.152. The van der Waals surface area contributed by atoms with Gasteiger partial charge in [0.15, 0.2) is 0 Å². The minimum Gasteiger partial charge on any atom is -0.377 e. The molecule has 0 spiro atoms. The zero-order valence-electron chi connectivity index (χ0n) is 25.0. The lowest BCUT2D eigenvalue weighted by molar-refractivity contribution is -0.128. The van der Waals surface area contributed by atoms with Crippen LogP contribution in [0.2, 0.25) is 0 Å². The molecular formula is C36H34N4O4. The number of para-hydroxylation sites is 2. The van der Waals surface area contributed by atoms with Crippen molar-refractivity contribution < 1.29 is 19.1 Å². The van der Waals surface area contributed by atoms with Gasteiger partial charge in [0.25, 0.3) is 11.8 Å². The van der Waals surface area contributed by atoms with E-state index in [1.165, 1.54) is 0 Å². The van der Waals surface area contributed by atoms with E-state index in [2.05, 4.69) is 57.8 Å². The Hall–Kier alpha value is -4.66. The maximum atomic E-state index is 13.6. The number of rotatable bonds is 5. The Kier molecular flexibility index (Phi) is 6.25. The Balaban J connectivity index is 1.40. The summed E-state index contributed by atoms with van der Waals surface area (Å²) in [6.45, 7) is 3.77. The van der Waals surface area contributed by atoms with E-state index >= 15 is 0 Å². The number of aryl methyl sites for hydroxylation is 1. The van der Waals surface area contributed by atoms with Crippen LogP contribution in [-0.4, -0.2) is 58.8 Å². The highest BCUT2D eigenvalue weighted by atomic mass is 16.5. The molecule has 1 saturated heterocycles. The van der Waals surface area contributed by atoms with Gasteiger partial charge in [-0.15, -0.1) is 0 Å². The third-order valence-corrected chi connectivity index (χ3v) is 9.68. The average molecular weight is 587 g/mol. The number of carbonyl (C=O) groups is 2. The van der Waals surface area contributed by atoms with Gasteiger partial charge in [0.1, 0.15) is 12.3 Å². The summed E-state index contributed by atoms with van der Waals surface area (Å²) in [6, 6.07) is 25.9. The number of carbonyl (C=O) groups excluding carboxylic acids is 2. The van der Waals surface area contributed by atoms with Crippen molar-refractivity contribution in [2.45, 2.75) is 44.8 Å². The van der Waals surface area contributed by atoms with E-state index in [1.54, 1.807) is 12.0 Å². The van der Waals surface area contributed by atoms with Gasteiger partial charge in [-0.1, -0.05) is 54.6 Å². The van der Waals surface area contributed by atoms with Gasteiger partial charge in [0.2, 0.25) is 0 Å². The number of aromatic nitrogens is 2. The predicted octanol–water partition coefficient (Wildman–Crippen LogP) is 6.24. The highest BCUT2D eigenvalue weighted by molar-refractivity contribution is 6.30. The maximum absolute atomic E-state index is 13.6. The molecule has 0 radical (unpaired) electrons. The number of hydrogen-bond acceptors (Lipinski definition) is 4. The van der Waals surface area contributed by atoms with Crippen LogP contribution in [0.5, 0.6) is 0 Å². The molecule has 3 atom stereocenters. The molecule has 6 aromatic rings. The van der Waals surface area contributed by atoms with Crippen molar-refractivity contribution in [2.24, 2.45) is 0 Å². The second-order valence-electron chi connectivity index (χ2n) is 11.8. The van der Waals surface area contributed by atoms with Crippen LogP contribution in [0.25, 0.3) is 43.6 Å². The summed E-state index contributed by atoms with van der Waals surface area (Å²) in [5.74, 6) is -0.0956. The van der Waals surface area contributed by atoms with Crippen molar-refractivity contribution in [3.8, 4) is 0 Å². The van der Waals surface area contributed by atoms with Crippen LogP contribution >= 0.6 is 0 Å². The lowest BCUT2D eigenvalue weighted by atomic mass is 9.97. The van der Waals surface area contributed by atoms with E-state index in [1.807, 2.05) is 49.5 Å².